The van der Waals surface area contributed by atoms with E-state index < -0.39 is 0 Å². The normalized spacial score (nSPS) is 31.2. The molecular weight excluding hydrogens is 1600 g/mol. The second-order valence-electron chi connectivity index (χ2n) is 40.4. The highest BCUT2D eigenvalue weighted by atomic mass is 16.5. The Morgan fingerprint density at radius 3 is 0.312 bits per heavy atom. The SMILES string of the molecule is C#C[C@@H](C)[C@@H](O)[C@@H]1C[C@H]1[C@H](C)[C@H](CC)OC.C#C[C@@H](C)[C@@H](O)[C@H]1C[C@@H]1[C@H](C)[C@H](CC)OC.C#C[C@@H](C)[C@H](O)[C@@H]1C[C@H]1[C@H](C)[C@H](CC)OC.C#C[C@@H](C)[C@H](O)[C@H]1C[C@@H]1[C@H](C)[C@H](CC)OC.C#C[C@H](C)[C@@H](O)[C@@H]1C[C@H]1[C@H](C)[C@H](CC)OC.C#C[C@H](C)[C@@H](O)[C@H]1C[C@@H]1[C@H](C)[C@H](CC)OC.C#C[C@H](C)[C@H](O)[C@@H]1C[C@H]1[C@H](C)[C@H](CC)OC.C#C[C@H](C)[C@H](O)[C@H]1C[C@@H]1[C@H](C)[C@H](CC)OC. The Morgan fingerprint density at radius 1 is 0.180 bits per heavy atom. The first kappa shape index (κ1) is 122. The second kappa shape index (κ2) is 61.8. The summed E-state index contributed by atoms with van der Waals surface area (Å²) in [6.07, 6.45) is 59.4. The molecule has 48 atom stereocenters. The number of hydrogen-bond acceptors (Lipinski definition) is 16. The van der Waals surface area contributed by atoms with Crippen LogP contribution in [0.3, 0.4) is 0 Å². The van der Waals surface area contributed by atoms with E-state index in [1.807, 2.05) is 55.4 Å². The molecule has 0 saturated heterocycles. The summed E-state index contributed by atoms with van der Waals surface area (Å²) < 4.78 is 43.6. The highest BCUT2D eigenvalue weighted by Gasteiger charge is 2.55. The molecule has 128 heavy (non-hydrogen) atoms. The van der Waals surface area contributed by atoms with Gasteiger partial charge in [-0.2, -0.15) is 0 Å². The van der Waals surface area contributed by atoms with Gasteiger partial charge in [0.1, 0.15) is 0 Å². The van der Waals surface area contributed by atoms with Crippen LogP contribution in [0.25, 0.3) is 0 Å². The van der Waals surface area contributed by atoms with Crippen molar-refractivity contribution >= 4 is 0 Å². The summed E-state index contributed by atoms with van der Waals surface area (Å²) in [5.74, 6) is 32.5. The zero-order valence-corrected chi connectivity index (χ0v) is 86.5. The van der Waals surface area contributed by atoms with E-state index in [2.05, 4.69) is 158 Å². The van der Waals surface area contributed by atoms with Crippen LogP contribution >= 0.6 is 0 Å². The van der Waals surface area contributed by atoms with Crippen molar-refractivity contribution in [3.8, 4) is 98.8 Å². The number of aliphatic hydroxyl groups is 8. The lowest BCUT2D eigenvalue weighted by Crippen LogP contribution is -2.25. The van der Waals surface area contributed by atoms with E-state index in [1.54, 1.807) is 56.9 Å². The van der Waals surface area contributed by atoms with Crippen LogP contribution in [0, 0.1) is 288 Å². The van der Waals surface area contributed by atoms with Crippen molar-refractivity contribution in [2.75, 3.05) is 56.9 Å². The summed E-state index contributed by atoms with van der Waals surface area (Å²) in [5, 5.41) is 80.2. The fraction of sp³-hybridized carbons (Fsp3) is 0.857. The van der Waals surface area contributed by atoms with Gasteiger partial charge in [-0.25, -0.2) is 0 Å². The van der Waals surface area contributed by atoms with E-state index in [0.29, 0.717) is 191 Å². The lowest BCUT2D eigenvalue weighted by Gasteiger charge is -2.22. The molecule has 0 unspecified atom stereocenters. The average molecular weight is 1790 g/mol. The van der Waals surface area contributed by atoms with E-state index in [-0.39, 0.29) is 96.2 Å². The molecule has 0 aromatic rings. The molecule has 8 N–H and O–H groups in total. The van der Waals surface area contributed by atoms with Crippen molar-refractivity contribution in [2.24, 2.45) is 189 Å². The van der Waals surface area contributed by atoms with Crippen LogP contribution in [-0.4, -0.2) is 195 Å². The van der Waals surface area contributed by atoms with Crippen LogP contribution in [-0.2, 0) is 37.9 Å². The molecule has 8 aliphatic rings. The molecule has 8 rings (SSSR count). The average Bonchev–Trinajstić information content (AvgIpc) is 1.69. The molecular formula is C112H192O16. The quantitative estimate of drug-likeness (QED) is 0.0265. The van der Waals surface area contributed by atoms with Crippen LogP contribution in [0.5, 0.6) is 0 Å². The van der Waals surface area contributed by atoms with Crippen molar-refractivity contribution in [3.05, 3.63) is 0 Å². The fourth-order valence-electron chi connectivity index (χ4n) is 21.8. The van der Waals surface area contributed by atoms with Crippen LogP contribution < -0.4 is 0 Å². The number of aliphatic hydroxyl groups excluding tert-OH is 8. The number of terminal acetylenes is 8. The fourth-order valence-corrected chi connectivity index (χ4v) is 21.8. The van der Waals surface area contributed by atoms with Crippen molar-refractivity contribution in [3.63, 3.8) is 0 Å². The Morgan fingerprint density at radius 2 is 0.258 bits per heavy atom. The minimum atomic E-state index is -0.341. The van der Waals surface area contributed by atoms with E-state index in [1.165, 1.54) is 0 Å². The lowest BCUT2D eigenvalue weighted by atomic mass is 9.92. The monoisotopic (exact) mass is 1790 g/mol. The van der Waals surface area contributed by atoms with Crippen molar-refractivity contribution in [2.45, 2.75) is 367 Å². The van der Waals surface area contributed by atoms with E-state index in [4.69, 9.17) is 89.3 Å². The summed E-state index contributed by atoms with van der Waals surface area (Å²) in [6, 6.07) is 0. The van der Waals surface area contributed by atoms with E-state index in [0.717, 1.165) is 103 Å². The van der Waals surface area contributed by atoms with E-state index >= 15 is 0 Å². The summed E-state index contributed by atoms with van der Waals surface area (Å²) in [4.78, 5) is 0. The van der Waals surface area contributed by atoms with Crippen LogP contribution in [0.4, 0.5) is 0 Å². The highest BCUT2D eigenvalue weighted by molar-refractivity contribution is 5.11. The van der Waals surface area contributed by atoms with Crippen molar-refractivity contribution in [1.82, 2.24) is 0 Å². The first-order valence-corrected chi connectivity index (χ1v) is 49.9. The first-order valence-electron chi connectivity index (χ1n) is 49.9. The van der Waals surface area contributed by atoms with Gasteiger partial charge in [-0.15, -0.1) is 98.8 Å². The van der Waals surface area contributed by atoms with Gasteiger partial charge in [0.25, 0.3) is 0 Å². The van der Waals surface area contributed by atoms with Gasteiger partial charge < -0.3 is 78.7 Å². The number of methoxy groups -OCH3 is 8. The summed E-state index contributed by atoms with van der Waals surface area (Å²) in [5.41, 5.74) is 0. The van der Waals surface area contributed by atoms with Crippen LogP contribution in [0.15, 0.2) is 0 Å². The van der Waals surface area contributed by atoms with Gasteiger partial charge in [-0.05, 0) is 300 Å². The standard InChI is InChI=1S/8C14H24O2/c8*1-6-9(3)14(15)12-8-11(12)10(4)13(7-2)16-5/h8*1,9-15H,7-8H2,2-5H3/t9-,10+,11+,12-,13+,14+;9-,10+,11+,12-,13+,14-;9-,10+,11-,12+,13+,14+;9-,10+,11-,12+,13+,14-;9-,10-,11+,12-,13-,14+;9-,10-,11+,12-,13-,14-;9-,10-,11-,12+,13-,14+;9-,10-,11-,12+,13-,14-/m11110000/s1. The first-order chi connectivity index (χ1) is 60.5. The van der Waals surface area contributed by atoms with Gasteiger partial charge in [0, 0.05) is 104 Å². The molecule has 0 bridgehead atoms. The van der Waals surface area contributed by atoms with Crippen LogP contribution in [0.2, 0.25) is 0 Å². The van der Waals surface area contributed by atoms with Gasteiger partial charge >= 0.3 is 0 Å². The minimum Gasteiger partial charge on any atom is -0.392 e. The third-order valence-electron chi connectivity index (χ3n) is 32.6. The zero-order valence-electron chi connectivity index (χ0n) is 86.5. The second-order valence-corrected chi connectivity index (χ2v) is 40.4. The molecule has 8 aliphatic carbocycles. The Labute approximate surface area is 785 Å². The lowest BCUT2D eigenvalue weighted by molar-refractivity contribution is 0.0368. The molecule has 0 amide bonds. The third-order valence-corrected chi connectivity index (χ3v) is 32.6. The third kappa shape index (κ3) is 36.8. The molecule has 8 fully saturated rings. The smallest absolute Gasteiger partial charge is 0.0705 e. The molecule has 0 heterocycles. The minimum absolute atomic E-state index is 0.0372. The predicted octanol–water partition coefficient (Wildman–Crippen LogP) is 18.5. The molecule has 16 heteroatoms. The molecule has 0 spiro atoms. The molecule has 0 radical (unpaired) electrons. The highest BCUT2D eigenvalue weighted by Crippen LogP contribution is 2.56. The molecule has 0 aromatic carbocycles. The van der Waals surface area contributed by atoms with Gasteiger partial charge in [-0.3, -0.25) is 0 Å². The largest absolute Gasteiger partial charge is 0.392 e. The topological polar surface area (TPSA) is 236 Å². The van der Waals surface area contributed by atoms with Gasteiger partial charge in [-0.1, -0.05) is 111 Å². The summed E-state index contributed by atoms with van der Waals surface area (Å²) in [6.45, 7) is 50.2. The van der Waals surface area contributed by atoms with Gasteiger partial charge in [0.2, 0.25) is 0 Å². The Hall–Kier alpha value is -4.16. The molecule has 0 aliphatic heterocycles. The zero-order chi connectivity index (χ0) is 98.3. The van der Waals surface area contributed by atoms with Gasteiger partial charge in [0.15, 0.2) is 0 Å². The van der Waals surface area contributed by atoms with Gasteiger partial charge in [0.05, 0.1) is 97.7 Å². The summed E-state index contributed by atoms with van der Waals surface area (Å²) in [7, 11) is 14.1. The maximum Gasteiger partial charge on any atom is 0.0705 e. The maximum atomic E-state index is 10.0. The Bertz CT molecular complexity index is 2660. The number of ether oxygens (including phenoxy) is 8. The molecule has 16 nitrogen and oxygen atoms in total. The number of rotatable bonds is 48. The number of hydrogen-bond donors (Lipinski definition) is 8. The Kier molecular flexibility index (Phi) is 58.8. The van der Waals surface area contributed by atoms with Crippen molar-refractivity contribution < 1.29 is 78.7 Å². The predicted molar refractivity (Wildman–Crippen MR) is 527 cm³/mol. The van der Waals surface area contributed by atoms with Crippen molar-refractivity contribution in [1.29, 1.82) is 0 Å². The maximum absolute atomic E-state index is 10.0. The molecule has 8 saturated carbocycles. The molecule has 0 aromatic heterocycles. The Balaban J connectivity index is 0.000000731. The van der Waals surface area contributed by atoms with Crippen LogP contribution in [0.1, 0.15) is 269 Å². The molecule has 736 valence electrons. The van der Waals surface area contributed by atoms with E-state index in [9.17, 15) is 40.9 Å². The summed E-state index contributed by atoms with van der Waals surface area (Å²) >= 11 is 0.